The van der Waals surface area contributed by atoms with Gasteiger partial charge in [-0.15, -0.1) is 0 Å². The first-order valence-electron chi connectivity index (χ1n) is 12.0. The van der Waals surface area contributed by atoms with E-state index in [9.17, 15) is 13.2 Å². The van der Waals surface area contributed by atoms with Gasteiger partial charge in [0.15, 0.2) is 0 Å². The lowest BCUT2D eigenvalue weighted by Crippen LogP contribution is -2.25. The summed E-state index contributed by atoms with van der Waals surface area (Å²) in [5.41, 5.74) is 6.98. The largest absolute Gasteiger partial charge is 0.422 e. The van der Waals surface area contributed by atoms with Crippen LogP contribution in [0.2, 0.25) is 0 Å². The van der Waals surface area contributed by atoms with Crippen LogP contribution in [0.15, 0.2) is 65.6 Å². The van der Waals surface area contributed by atoms with Crippen molar-refractivity contribution in [2.45, 2.75) is 52.6 Å². The van der Waals surface area contributed by atoms with Crippen LogP contribution in [0.5, 0.6) is 5.75 Å². The lowest BCUT2D eigenvalue weighted by atomic mass is 9.95. The van der Waals surface area contributed by atoms with Crippen molar-refractivity contribution in [1.29, 1.82) is 0 Å². The molecule has 5 nitrogen and oxygen atoms in total. The van der Waals surface area contributed by atoms with Gasteiger partial charge in [0.05, 0.1) is 10.5 Å². The molecule has 0 unspecified atom stereocenters. The molecule has 1 aliphatic rings. The molecule has 184 valence electrons. The van der Waals surface area contributed by atoms with Crippen molar-refractivity contribution in [3.05, 3.63) is 105 Å². The van der Waals surface area contributed by atoms with E-state index in [-0.39, 0.29) is 18.0 Å². The normalized spacial score (nSPS) is 13.7. The number of esters is 1. The number of carbonyl (C=O) groups is 1. The first kappa shape index (κ1) is 24.2. The smallest absolute Gasteiger partial charge is 0.344 e. The lowest BCUT2D eigenvalue weighted by Gasteiger charge is -2.17. The fraction of sp³-hybridized carbons (Fsp3) is 0.233. The molecule has 6 heteroatoms. The Morgan fingerprint density at radius 1 is 0.778 bits per heavy atom. The third-order valence-electron chi connectivity index (χ3n) is 7.07. The predicted molar refractivity (Wildman–Crippen MR) is 142 cm³/mol. The Morgan fingerprint density at radius 2 is 1.36 bits per heavy atom. The molecule has 0 bridgehead atoms. The Bertz CT molecular complexity index is 1610. The summed E-state index contributed by atoms with van der Waals surface area (Å²) in [6.45, 7) is 10.1. The van der Waals surface area contributed by atoms with Crippen molar-refractivity contribution in [3.8, 4) is 5.75 Å². The molecule has 0 saturated heterocycles. The van der Waals surface area contributed by atoms with Crippen LogP contribution in [0.1, 0.15) is 49.3 Å². The van der Waals surface area contributed by atoms with Gasteiger partial charge in [-0.2, -0.15) is 4.31 Å². The molecule has 0 aliphatic carbocycles. The standard InChI is InChI=1S/C30H29NO4S/c1-18-10-12-23(13-11-18)36(33,34)31-16-26-22(5)24-8-6-7-9-25(24)29(27(26)17-31)35-30(32)28-20(3)14-19(2)15-21(28)4/h6-15H,16-17H2,1-5H3. The average molecular weight is 500 g/mol. The molecule has 4 aromatic carbocycles. The number of sulfonamides is 1. The molecule has 0 aromatic heterocycles. The van der Waals surface area contributed by atoms with Gasteiger partial charge in [-0.3, -0.25) is 0 Å². The van der Waals surface area contributed by atoms with Crippen molar-refractivity contribution in [2.75, 3.05) is 0 Å². The van der Waals surface area contributed by atoms with Crippen LogP contribution in [0.3, 0.4) is 0 Å². The number of nitrogens with zero attached hydrogens (tertiary/aromatic N) is 1. The number of ether oxygens (including phenoxy) is 1. The minimum absolute atomic E-state index is 0.145. The summed E-state index contributed by atoms with van der Waals surface area (Å²) >= 11 is 0. The molecular formula is C30H29NO4S. The van der Waals surface area contributed by atoms with Crippen LogP contribution in [0.4, 0.5) is 0 Å². The number of carbonyl (C=O) groups excluding carboxylic acids is 1. The third kappa shape index (κ3) is 4.00. The van der Waals surface area contributed by atoms with Gasteiger partial charge in [-0.25, -0.2) is 13.2 Å². The van der Waals surface area contributed by atoms with Crippen molar-refractivity contribution < 1.29 is 17.9 Å². The van der Waals surface area contributed by atoms with Gasteiger partial charge in [-0.1, -0.05) is 59.7 Å². The predicted octanol–water partition coefficient (Wildman–Crippen LogP) is 6.31. The van der Waals surface area contributed by atoms with Crippen molar-refractivity contribution in [3.63, 3.8) is 0 Å². The first-order chi connectivity index (χ1) is 17.1. The van der Waals surface area contributed by atoms with Crippen molar-refractivity contribution in [2.24, 2.45) is 0 Å². The van der Waals surface area contributed by atoms with Gasteiger partial charge in [0, 0.05) is 24.0 Å². The van der Waals surface area contributed by atoms with E-state index < -0.39 is 16.0 Å². The average Bonchev–Trinajstić information content (AvgIpc) is 3.28. The zero-order valence-electron chi connectivity index (χ0n) is 21.2. The van der Waals surface area contributed by atoms with Crippen LogP contribution in [-0.4, -0.2) is 18.7 Å². The minimum Gasteiger partial charge on any atom is -0.422 e. The van der Waals surface area contributed by atoms with E-state index in [1.807, 2.05) is 71.0 Å². The molecule has 0 amide bonds. The van der Waals surface area contributed by atoms with Crippen molar-refractivity contribution in [1.82, 2.24) is 4.31 Å². The Hall–Kier alpha value is -3.48. The van der Waals surface area contributed by atoms with Gasteiger partial charge in [0.1, 0.15) is 5.75 Å². The minimum atomic E-state index is -3.72. The van der Waals surface area contributed by atoms with E-state index in [1.54, 1.807) is 24.3 Å². The van der Waals surface area contributed by atoms with Gasteiger partial charge >= 0.3 is 5.97 Å². The molecule has 0 spiro atoms. The van der Waals surface area contributed by atoms with E-state index in [1.165, 1.54) is 4.31 Å². The van der Waals surface area contributed by atoms with E-state index in [0.29, 0.717) is 11.3 Å². The van der Waals surface area contributed by atoms with E-state index in [4.69, 9.17) is 4.74 Å². The van der Waals surface area contributed by atoms with E-state index in [2.05, 4.69) is 0 Å². The monoisotopic (exact) mass is 499 g/mol. The van der Waals surface area contributed by atoms with Crippen LogP contribution in [0.25, 0.3) is 10.8 Å². The quantitative estimate of drug-likeness (QED) is 0.244. The summed E-state index contributed by atoms with van der Waals surface area (Å²) in [5.74, 6) is 0.0122. The molecule has 0 atom stereocenters. The summed E-state index contributed by atoms with van der Waals surface area (Å²) in [5, 5.41) is 1.75. The second-order valence-electron chi connectivity index (χ2n) is 9.71. The Morgan fingerprint density at radius 3 is 2.00 bits per heavy atom. The molecule has 36 heavy (non-hydrogen) atoms. The molecular weight excluding hydrogens is 470 g/mol. The highest BCUT2D eigenvalue weighted by molar-refractivity contribution is 7.89. The molecule has 0 fully saturated rings. The number of hydrogen-bond donors (Lipinski definition) is 0. The zero-order valence-corrected chi connectivity index (χ0v) is 22.0. The van der Waals surface area contributed by atoms with Gasteiger partial charge < -0.3 is 4.74 Å². The van der Waals surface area contributed by atoms with Crippen LogP contribution < -0.4 is 4.74 Å². The Labute approximate surface area is 212 Å². The van der Waals surface area contributed by atoms with Crippen LogP contribution >= 0.6 is 0 Å². The zero-order chi connectivity index (χ0) is 25.8. The van der Waals surface area contributed by atoms with Gasteiger partial charge in [-0.05, 0) is 74.4 Å². The summed E-state index contributed by atoms with van der Waals surface area (Å²) in [6, 6.07) is 18.6. The molecule has 0 radical (unpaired) electrons. The second-order valence-corrected chi connectivity index (χ2v) is 11.6. The van der Waals surface area contributed by atoms with E-state index in [0.717, 1.165) is 49.7 Å². The number of fused-ring (bicyclic) bond motifs is 2. The van der Waals surface area contributed by atoms with Gasteiger partial charge in [0.2, 0.25) is 10.0 Å². The van der Waals surface area contributed by atoms with Crippen LogP contribution in [-0.2, 0) is 23.1 Å². The van der Waals surface area contributed by atoms with Crippen LogP contribution in [0, 0.1) is 34.6 Å². The second kappa shape index (κ2) is 8.87. The highest BCUT2D eigenvalue weighted by atomic mass is 32.2. The Kier molecular flexibility index (Phi) is 5.97. The fourth-order valence-corrected chi connectivity index (χ4v) is 6.65. The molecule has 1 aliphatic heterocycles. The topological polar surface area (TPSA) is 63.7 Å². The maximum Gasteiger partial charge on any atom is 0.344 e. The first-order valence-corrected chi connectivity index (χ1v) is 13.4. The number of rotatable bonds is 4. The van der Waals surface area contributed by atoms with E-state index >= 15 is 0 Å². The summed E-state index contributed by atoms with van der Waals surface area (Å²) in [4.78, 5) is 13.7. The molecule has 1 heterocycles. The SMILES string of the molecule is Cc1ccc(S(=O)(=O)N2Cc3c(c(OC(=O)c4c(C)cc(C)cc4C)c4ccccc4c3C)C2)cc1. The summed E-state index contributed by atoms with van der Waals surface area (Å²) < 4.78 is 34.6. The highest BCUT2D eigenvalue weighted by Gasteiger charge is 2.35. The summed E-state index contributed by atoms with van der Waals surface area (Å²) in [6.07, 6.45) is 0. The molecule has 0 saturated carbocycles. The number of aryl methyl sites for hydroxylation is 5. The fourth-order valence-electron chi connectivity index (χ4n) is 5.28. The molecule has 5 rings (SSSR count). The molecule has 0 N–H and O–H groups in total. The Balaban J connectivity index is 1.62. The lowest BCUT2D eigenvalue weighted by molar-refractivity contribution is 0.0734. The van der Waals surface area contributed by atoms with Crippen molar-refractivity contribution >= 4 is 26.8 Å². The van der Waals surface area contributed by atoms with Gasteiger partial charge in [0.25, 0.3) is 0 Å². The summed E-state index contributed by atoms with van der Waals surface area (Å²) in [7, 11) is -3.72. The third-order valence-corrected chi connectivity index (χ3v) is 8.88. The maximum absolute atomic E-state index is 13.5. The molecule has 4 aromatic rings. The number of benzene rings is 4. The maximum atomic E-state index is 13.5. The highest BCUT2D eigenvalue weighted by Crippen LogP contribution is 2.42. The number of hydrogen-bond acceptors (Lipinski definition) is 4.